The minimum atomic E-state index is -1.25. The zero-order valence-corrected chi connectivity index (χ0v) is 18.0. The number of aromatic nitrogens is 4. The van der Waals surface area contributed by atoms with Crippen molar-refractivity contribution in [3.05, 3.63) is 86.4 Å². The number of nitro groups is 1. The first-order valence-electron chi connectivity index (χ1n) is 9.58. The van der Waals surface area contributed by atoms with E-state index in [1.165, 1.54) is 24.3 Å². The van der Waals surface area contributed by atoms with E-state index in [1.54, 1.807) is 6.07 Å². The maximum atomic E-state index is 13.4. The van der Waals surface area contributed by atoms with Crippen LogP contribution in [0.3, 0.4) is 0 Å². The van der Waals surface area contributed by atoms with E-state index < -0.39 is 28.4 Å². The number of H-pyrrole nitrogens is 1. The second-order valence-corrected chi connectivity index (χ2v) is 7.27. The fourth-order valence-electron chi connectivity index (χ4n) is 2.83. The summed E-state index contributed by atoms with van der Waals surface area (Å²) in [6.07, 6.45) is 0. The van der Waals surface area contributed by atoms with Gasteiger partial charge in [0.05, 0.1) is 22.1 Å². The summed E-state index contributed by atoms with van der Waals surface area (Å²) in [7, 11) is 0. The number of halogens is 3. The van der Waals surface area contributed by atoms with Crippen LogP contribution in [0.5, 0.6) is 0 Å². The minimum Gasteiger partial charge on any atom is -0.419 e. The molecule has 3 N–H and O–H groups in total. The number of carbonyl (C=O) groups is 2. The van der Waals surface area contributed by atoms with Gasteiger partial charge in [-0.2, -0.15) is 5.10 Å². The number of nitrogens with one attached hydrogen (secondary N) is 3. The minimum absolute atomic E-state index is 0.0281. The second-order valence-electron chi connectivity index (χ2n) is 6.86. The van der Waals surface area contributed by atoms with Gasteiger partial charge in [0.25, 0.3) is 17.5 Å². The molecule has 0 aliphatic carbocycles. The zero-order valence-electron chi connectivity index (χ0n) is 17.2. The maximum absolute atomic E-state index is 13.4. The van der Waals surface area contributed by atoms with Crippen LogP contribution < -0.4 is 10.6 Å². The molecular weight excluding hydrogens is 492 g/mol. The van der Waals surface area contributed by atoms with Crippen molar-refractivity contribution < 1.29 is 27.7 Å². The molecule has 2 aromatic heterocycles. The maximum Gasteiger partial charge on any atom is 0.270 e. The van der Waals surface area contributed by atoms with Crippen LogP contribution in [0.15, 0.2) is 46.9 Å². The van der Waals surface area contributed by atoms with E-state index in [1.807, 2.05) is 0 Å². The quantitative estimate of drug-likeness (QED) is 0.195. The number of amides is 2. The van der Waals surface area contributed by atoms with Crippen molar-refractivity contribution in [3.63, 3.8) is 0 Å². The van der Waals surface area contributed by atoms with Gasteiger partial charge in [0, 0.05) is 23.8 Å². The van der Waals surface area contributed by atoms with Crippen LogP contribution in [0.2, 0.25) is 5.02 Å². The molecule has 0 radical (unpaired) electrons. The predicted octanol–water partition coefficient (Wildman–Crippen LogP) is 3.48. The Hall–Kier alpha value is -4.72. The zero-order chi connectivity index (χ0) is 25.1. The molecule has 2 heterocycles. The molecule has 0 aliphatic heterocycles. The smallest absolute Gasteiger partial charge is 0.270 e. The molecule has 2 amide bonds. The summed E-state index contributed by atoms with van der Waals surface area (Å²) >= 11 is 5.77. The van der Waals surface area contributed by atoms with Crippen LogP contribution >= 0.6 is 11.6 Å². The molecule has 0 bridgehead atoms. The molecule has 12 nitrogen and oxygen atoms in total. The first kappa shape index (κ1) is 23.4. The SMILES string of the molecule is O=C(NCc1nnc(-c2cccc([N+](=O)[O-])c2)o1)c1cc(NC(=O)c2cc(F)c(F)cc2Cl)n[nH]1. The van der Waals surface area contributed by atoms with Crippen molar-refractivity contribution in [2.45, 2.75) is 6.54 Å². The molecule has 178 valence electrons. The van der Waals surface area contributed by atoms with Gasteiger partial charge in [0.2, 0.25) is 11.8 Å². The lowest BCUT2D eigenvalue weighted by atomic mass is 10.2. The number of hydrogen-bond acceptors (Lipinski definition) is 8. The summed E-state index contributed by atoms with van der Waals surface area (Å²) in [5.41, 5.74) is -0.186. The lowest BCUT2D eigenvalue weighted by Crippen LogP contribution is -2.23. The largest absolute Gasteiger partial charge is 0.419 e. The van der Waals surface area contributed by atoms with E-state index in [2.05, 4.69) is 31.0 Å². The molecule has 35 heavy (non-hydrogen) atoms. The van der Waals surface area contributed by atoms with Gasteiger partial charge >= 0.3 is 0 Å². The molecule has 0 aliphatic rings. The fourth-order valence-corrected chi connectivity index (χ4v) is 3.06. The third-order valence-electron chi connectivity index (χ3n) is 4.49. The Morgan fingerprint density at radius 1 is 1.11 bits per heavy atom. The van der Waals surface area contributed by atoms with E-state index in [-0.39, 0.29) is 46.1 Å². The Bertz CT molecular complexity index is 1460. The van der Waals surface area contributed by atoms with Crippen molar-refractivity contribution in [1.82, 2.24) is 25.7 Å². The number of non-ortho nitro benzene ring substituents is 1. The lowest BCUT2D eigenvalue weighted by Gasteiger charge is -2.05. The Labute approximate surface area is 198 Å². The molecule has 4 rings (SSSR count). The molecule has 15 heteroatoms. The number of anilines is 1. The molecule has 0 saturated carbocycles. The van der Waals surface area contributed by atoms with Gasteiger partial charge < -0.3 is 15.1 Å². The van der Waals surface area contributed by atoms with E-state index in [0.29, 0.717) is 17.7 Å². The highest BCUT2D eigenvalue weighted by atomic mass is 35.5. The first-order valence-corrected chi connectivity index (χ1v) is 9.96. The van der Waals surface area contributed by atoms with E-state index in [9.17, 15) is 28.5 Å². The summed E-state index contributed by atoms with van der Waals surface area (Å²) in [6, 6.07) is 8.10. The summed E-state index contributed by atoms with van der Waals surface area (Å²) in [6.45, 7) is -0.175. The molecule has 0 unspecified atom stereocenters. The van der Waals surface area contributed by atoms with Gasteiger partial charge in [0.15, 0.2) is 17.5 Å². The Kier molecular flexibility index (Phi) is 6.46. The number of rotatable bonds is 7. The van der Waals surface area contributed by atoms with Crippen LogP contribution in [0, 0.1) is 21.7 Å². The predicted molar refractivity (Wildman–Crippen MR) is 115 cm³/mol. The Balaban J connectivity index is 1.37. The molecule has 2 aromatic carbocycles. The fraction of sp³-hybridized carbons (Fsp3) is 0.0500. The summed E-state index contributed by atoms with van der Waals surface area (Å²) in [5, 5.41) is 29.1. The number of aromatic amines is 1. The monoisotopic (exact) mass is 503 g/mol. The van der Waals surface area contributed by atoms with Crippen molar-refractivity contribution in [1.29, 1.82) is 0 Å². The molecule has 0 fully saturated rings. The van der Waals surface area contributed by atoms with Crippen molar-refractivity contribution in [2.75, 3.05) is 5.32 Å². The highest BCUT2D eigenvalue weighted by molar-refractivity contribution is 6.34. The number of carbonyl (C=O) groups excluding carboxylic acids is 2. The van der Waals surface area contributed by atoms with Gasteiger partial charge in [-0.3, -0.25) is 24.8 Å². The standard InChI is InChI=1S/C20H12ClF2N7O5/c21-12-6-14(23)13(22)5-11(12)18(31)25-16-7-15(26-27-16)19(32)24-8-17-28-29-20(35-17)9-2-1-3-10(4-9)30(33)34/h1-7H,8H2,(H,24,32)(H2,25,26,27,31). The van der Waals surface area contributed by atoms with Crippen molar-refractivity contribution in [3.8, 4) is 11.5 Å². The number of nitro benzene ring substituents is 1. The van der Waals surface area contributed by atoms with Crippen LogP contribution in [0.25, 0.3) is 11.5 Å². The summed E-state index contributed by atoms with van der Waals surface area (Å²) < 4.78 is 32.0. The average Bonchev–Trinajstić information content (AvgIpc) is 3.50. The molecule has 0 spiro atoms. The molecule has 0 atom stereocenters. The third-order valence-corrected chi connectivity index (χ3v) is 4.80. The summed E-state index contributed by atoms with van der Waals surface area (Å²) in [4.78, 5) is 34.9. The Morgan fingerprint density at radius 3 is 2.66 bits per heavy atom. The number of benzene rings is 2. The normalized spacial score (nSPS) is 10.7. The van der Waals surface area contributed by atoms with Crippen molar-refractivity contribution >= 4 is 34.9 Å². The van der Waals surface area contributed by atoms with Gasteiger partial charge in [-0.15, -0.1) is 10.2 Å². The van der Waals surface area contributed by atoms with E-state index >= 15 is 0 Å². The van der Waals surface area contributed by atoms with Gasteiger partial charge in [-0.1, -0.05) is 17.7 Å². The first-order chi connectivity index (χ1) is 16.7. The van der Waals surface area contributed by atoms with Crippen LogP contribution in [-0.2, 0) is 6.54 Å². The second kappa shape index (κ2) is 9.64. The van der Waals surface area contributed by atoms with Crippen molar-refractivity contribution in [2.24, 2.45) is 0 Å². The number of hydrogen-bond donors (Lipinski definition) is 3. The average molecular weight is 504 g/mol. The number of nitrogens with zero attached hydrogens (tertiary/aromatic N) is 4. The molecular formula is C20H12ClF2N7O5. The van der Waals surface area contributed by atoms with E-state index in [0.717, 1.165) is 0 Å². The van der Waals surface area contributed by atoms with Gasteiger partial charge in [0.1, 0.15) is 5.69 Å². The molecule has 4 aromatic rings. The van der Waals surface area contributed by atoms with Gasteiger partial charge in [-0.05, 0) is 18.2 Å². The molecule has 0 saturated heterocycles. The topological polar surface area (TPSA) is 169 Å². The highest BCUT2D eigenvalue weighted by Crippen LogP contribution is 2.23. The summed E-state index contributed by atoms with van der Waals surface area (Å²) in [5.74, 6) is -3.99. The van der Waals surface area contributed by atoms with Gasteiger partial charge in [-0.25, -0.2) is 8.78 Å². The third kappa shape index (κ3) is 5.27. The highest BCUT2D eigenvalue weighted by Gasteiger charge is 2.18. The Morgan fingerprint density at radius 2 is 1.89 bits per heavy atom. The lowest BCUT2D eigenvalue weighted by molar-refractivity contribution is -0.384. The van der Waals surface area contributed by atoms with E-state index in [4.69, 9.17) is 16.0 Å². The van der Waals surface area contributed by atoms with Crippen LogP contribution in [0.1, 0.15) is 26.7 Å². The van der Waals surface area contributed by atoms with Crippen LogP contribution in [0.4, 0.5) is 20.3 Å². The van der Waals surface area contributed by atoms with Crippen LogP contribution in [-0.4, -0.2) is 37.1 Å².